The Balaban J connectivity index is 2.00. The van der Waals surface area contributed by atoms with Crippen LogP contribution in [0.1, 0.15) is 44.9 Å². The number of halogens is 2. The topological polar surface area (TPSA) is 81.5 Å². The fourth-order valence-electron chi connectivity index (χ4n) is 4.11. The van der Waals surface area contributed by atoms with E-state index < -0.39 is 11.7 Å². The average molecular weight is 458 g/mol. The lowest BCUT2D eigenvalue weighted by Gasteiger charge is -2.48. The van der Waals surface area contributed by atoms with Gasteiger partial charge >= 0.3 is 6.09 Å². The molecule has 3 rings (SSSR count). The molecule has 0 spiro atoms. The number of benzene rings is 2. The van der Waals surface area contributed by atoms with Crippen molar-refractivity contribution >= 4 is 6.09 Å². The summed E-state index contributed by atoms with van der Waals surface area (Å²) < 4.78 is 32.9. The molecule has 2 aromatic carbocycles. The molecule has 0 radical (unpaired) electrons. The van der Waals surface area contributed by atoms with Crippen molar-refractivity contribution in [2.24, 2.45) is 5.11 Å². The molecule has 0 bridgehead atoms. The number of hydrogen-bond donors (Lipinski definition) is 0. The van der Waals surface area contributed by atoms with Gasteiger partial charge in [-0.2, -0.15) is 0 Å². The smallest absolute Gasteiger partial charge is 0.410 e. The normalized spacial score (nSPS) is 19.3. The number of hydrogen-bond acceptors (Lipinski definition) is 4. The molecular formula is C24H29F2N5O2. The second-order valence-electron chi connectivity index (χ2n) is 9.25. The van der Waals surface area contributed by atoms with Crippen LogP contribution in [0.2, 0.25) is 0 Å². The van der Waals surface area contributed by atoms with Crippen LogP contribution in [0.3, 0.4) is 0 Å². The molecule has 7 nitrogen and oxygen atoms in total. The highest BCUT2D eigenvalue weighted by Crippen LogP contribution is 2.34. The summed E-state index contributed by atoms with van der Waals surface area (Å²) in [6.45, 7) is 8.21. The summed E-state index contributed by atoms with van der Waals surface area (Å²) >= 11 is 0. The summed E-state index contributed by atoms with van der Waals surface area (Å²) in [5, 5.41) is 3.78. The van der Waals surface area contributed by atoms with Crippen LogP contribution < -0.4 is 0 Å². The van der Waals surface area contributed by atoms with Crippen molar-refractivity contribution in [3.05, 3.63) is 81.7 Å². The van der Waals surface area contributed by atoms with E-state index in [9.17, 15) is 13.6 Å². The van der Waals surface area contributed by atoms with Gasteiger partial charge in [-0.25, -0.2) is 13.6 Å². The Morgan fingerprint density at radius 2 is 1.61 bits per heavy atom. The van der Waals surface area contributed by atoms with E-state index >= 15 is 0 Å². The van der Waals surface area contributed by atoms with E-state index in [0.29, 0.717) is 6.54 Å². The van der Waals surface area contributed by atoms with Crippen molar-refractivity contribution in [2.75, 3.05) is 19.6 Å². The maximum absolute atomic E-state index is 13.7. The molecule has 9 heteroatoms. The van der Waals surface area contributed by atoms with E-state index in [-0.39, 0.29) is 42.8 Å². The molecule has 0 aliphatic carbocycles. The highest BCUT2D eigenvalue weighted by molar-refractivity contribution is 5.68. The van der Waals surface area contributed by atoms with E-state index in [0.717, 1.165) is 11.1 Å². The second-order valence-corrected chi connectivity index (χ2v) is 9.25. The largest absolute Gasteiger partial charge is 0.444 e. The number of carbonyl (C=O) groups is 1. The molecule has 1 heterocycles. The minimum absolute atomic E-state index is 0.126. The Morgan fingerprint density at radius 3 is 2.06 bits per heavy atom. The van der Waals surface area contributed by atoms with Gasteiger partial charge in [-0.15, -0.1) is 0 Å². The van der Waals surface area contributed by atoms with Crippen molar-refractivity contribution in [1.82, 2.24) is 9.80 Å². The molecule has 1 aliphatic heterocycles. The minimum atomic E-state index is -0.640. The highest BCUT2D eigenvalue weighted by Gasteiger charge is 2.39. The summed E-state index contributed by atoms with van der Waals surface area (Å²) in [5.41, 5.74) is 9.93. The molecule has 1 aliphatic rings. The van der Waals surface area contributed by atoms with Crippen molar-refractivity contribution in [3.63, 3.8) is 0 Å². The van der Waals surface area contributed by atoms with E-state index in [1.54, 1.807) is 29.2 Å². The Kier molecular flexibility index (Phi) is 7.56. The van der Waals surface area contributed by atoms with Crippen LogP contribution in [-0.4, -0.2) is 53.2 Å². The molecule has 0 N–H and O–H groups in total. The predicted molar refractivity (Wildman–Crippen MR) is 122 cm³/mol. The molecule has 0 aromatic heterocycles. The van der Waals surface area contributed by atoms with E-state index in [1.165, 1.54) is 24.3 Å². The van der Waals surface area contributed by atoms with Crippen molar-refractivity contribution in [2.45, 2.75) is 51.4 Å². The fraction of sp³-hybridized carbons (Fsp3) is 0.458. The molecule has 1 saturated heterocycles. The maximum atomic E-state index is 13.7. The van der Waals surface area contributed by atoms with E-state index in [2.05, 4.69) is 14.9 Å². The standard InChI is InChI=1S/C24H29F2N5O2/c1-16-14-31(21(13-28-29-27)15-30(16)23(32)33-24(2,3)4)22(17-5-9-19(25)10-6-17)18-7-11-20(26)12-8-18/h5-12,16,21-22H,13-15H2,1-4H3/t16-,21+/m0/s1. The Morgan fingerprint density at radius 1 is 1.09 bits per heavy atom. The summed E-state index contributed by atoms with van der Waals surface area (Å²) in [6, 6.07) is 11.4. The molecule has 33 heavy (non-hydrogen) atoms. The first-order valence-electron chi connectivity index (χ1n) is 10.9. The molecule has 176 valence electrons. The zero-order valence-corrected chi connectivity index (χ0v) is 19.3. The summed E-state index contributed by atoms with van der Waals surface area (Å²) in [6.07, 6.45) is -0.430. The zero-order valence-electron chi connectivity index (χ0n) is 19.3. The lowest BCUT2D eigenvalue weighted by molar-refractivity contribution is -0.0179. The molecule has 0 saturated carbocycles. The number of amides is 1. The quantitative estimate of drug-likeness (QED) is 0.329. The Labute approximate surface area is 192 Å². The van der Waals surface area contributed by atoms with E-state index in [1.807, 2.05) is 27.7 Å². The van der Waals surface area contributed by atoms with Gasteiger partial charge in [0, 0.05) is 36.6 Å². The number of nitrogens with zero attached hydrogens (tertiary/aromatic N) is 5. The summed E-state index contributed by atoms with van der Waals surface area (Å²) in [7, 11) is 0. The van der Waals surface area contributed by atoms with Crippen LogP contribution in [0.25, 0.3) is 10.4 Å². The lowest BCUT2D eigenvalue weighted by Crippen LogP contribution is -2.61. The van der Waals surface area contributed by atoms with Gasteiger partial charge in [-0.3, -0.25) is 4.90 Å². The molecule has 0 unspecified atom stereocenters. The minimum Gasteiger partial charge on any atom is -0.444 e. The van der Waals surface area contributed by atoms with Crippen LogP contribution in [0.5, 0.6) is 0 Å². The Bertz CT molecular complexity index is 956. The van der Waals surface area contributed by atoms with Gasteiger partial charge in [0.25, 0.3) is 0 Å². The molecule has 1 amide bonds. The first kappa shape index (κ1) is 24.5. The lowest BCUT2D eigenvalue weighted by atomic mass is 9.93. The molecule has 2 aromatic rings. The van der Waals surface area contributed by atoms with Crippen molar-refractivity contribution in [3.8, 4) is 0 Å². The first-order valence-corrected chi connectivity index (χ1v) is 10.9. The molecule has 2 atom stereocenters. The van der Waals surface area contributed by atoms with Gasteiger partial charge in [-0.1, -0.05) is 29.4 Å². The van der Waals surface area contributed by atoms with Crippen molar-refractivity contribution in [1.29, 1.82) is 0 Å². The van der Waals surface area contributed by atoms with Gasteiger partial charge in [-0.05, 0) is 68.6 Å². The number of carbonyl (C=O) groups excluding carboxylic acids is 1. The van der Waals surface area contributed by atoms with Gasteiger partial charge in [0.05, 0.1) is 6.04 Å². The number of ether oxygens (including phenoxy) is 1. The maximum Gasteiger partial charge on any atom is 0.410 e. The van der Waals surface area contributed by atoms with Crippen LogP contribution in [-0.2, 0) is 4.74 Å². The van der Waals surface area contributed by atoms with E-state index in [4.69, 9.17) is 10.3 Å². The highest BCUT2D eigenvalue weighted by atomic mass is 19.1. The summed E-state index contributed by atoms with van der Waals surface area (Å²) in [5.74, 6) is -0.712. The van der Waals surface area contributed by atoms with Gasteiger partial charge in [0.15, 0.2) is 0 Å². The van der Waals surface area contributed by atoms with Crippen LogP contribution in [0, 0.1) is 11.6 Å². The SMILES string of the molecule is C[C@H]1CN(C(c2ccc(F)cc2)c2ccc(F)cc2)[C@H](CN=[N+]=[N-])CN1C(=O)OC(C)(C)C. The zero-order chi connectivity index (χ0) is 24.2. The third-order valence-electron chi connectivity index (χ3n) is 5.57. The second kappa shape index (κ2) is 10.2. The van der Waals surface area contributed by atoms with Gasteiger partial charge in [0.1, 0.15) is 17.2 Å². The molecule has 1 fully saturated rings. The van der Waals surface area contributed by atoms with Crippen LogP contribution in [0.15, 0.2) is 53.6 Å². The third-order valence-corrected chi connectivity index (χ3v) is 5.57. The number of rotatable bonds is 5. The summed E-state index contributed by atoms with van der Waals surface area (Å²) in [4.78, 5) is 19.5. The Hall–Kier alpha value is -3.16. The fourth-order valence-corrected chi connectivity index (χ4v) is 4.11. The number of piperazine rings is 1. The number of azide groups is 1. The van der Waals surface area contributed by atoms with Gasteiger partial charge in [0.2, 0.25) is 0 Å². The monoisotopic (exact) mass is 457 g/mol. The first-order chi connectivity index (χ1) is 15.6. The predicted octanol–water partition coefficient (Wildman–Crippen LogP) is 5.67. The van der Waals surface area contributed by atoms with Crippen molar-refractivity contribution < 1.29 is 18.3 Å². The average Bonchev–Trinajstić information content (AvgIpc) is 2.74. The third kappa shape index (κ3) is 6.21. The van der Waals surface area contributed by atoms with Gasteiger partial charge < -0.3 is 9.64 Å². The van der Waals surface area contributed by atoms with Crippen LogP contribution >= 0.6 is 0 Å². The molecular weight excluding hydrogens is 428 g/mol. The van der Waals surface area contributed by atoms with Crippen LogP contribution in [0.4, 0.5) is 13.6 Å².